The molecule has 0 radical (unpaired) electrons. The number of rotatable bonds is 7. The van der Waals surface area contributed by atoms with Crippen LogP contribution in [0.4, 0.5) is 5.95 Å². The fourth-order valence-electron chi connectivity index (χ4n) is 3.71. The van der Waals surface area contributed by atoms with Crippen LogP contribution in [0.3, 0.4) is 0 Å². The van der Waals surface area contributed by atoms with Crippen LogP contribution in [-0.4, -0.2) is 33.6 Å². The van der Waals surface area contributed by atoms with Gasteiger partial charge in [0.25, 0.3) is 0 Å². The lowest BCUT2D eigenvalue weighted by atomic mass is 9.95. The second kappa shape index (κ2) is 9.48. The second-order valence-corrected chi connectivity index (χ2v) is 8.67. The quantitative estimate of drug-likeness (QED) is 0.411. The number of methoxy groups -OCH3 is 1. The zero-order valence-corrected chi connectivity index (χ0v) is 19.4. The van der Waals surface area contributed by atoms with Crippen molar-refractivity contribution in [2.24, 2.45) is 0 Å². The Bertz CT molecular complexity index is 1170. The third kappa shape index (κ3) is 4.36. The number of fused-ring (bicyclic) bond motifs is 1. The standard InChI is InChI=1S/C24H26N4O3S/c1-5-32-24-26-23-25-16(3)20(22(29)30-4)21(28(23)27-24)17-11-8-12-19(13-17)31-14-18-10-7-6-9-15(18)2/h6-13,21H,5,14H2,1-4H3,(H,25,26,27). The summed E-state index contributed by atoms with van der Waals surface area (Å²) in [6.45, 7) is 6.43. The van der Waals surface area contributed by atoms with Crippen LogP contribution in [0.5, 0.6) is 5.75 Å². The van der Waals surface area contributed by atoms with Gasteiger partial charge in [0.15, 0.2) is 0 Å². The fourth-order valence-corrected chi connectivity index (χ4v) is 4.27. The van der Waals surface area contributed by atoms with Gasteiger partial charge < -0.3 is 14.8 Å². The number of thioether (sulfide) groups is 1. The van der Waals surface area contributed by atoms with E-state index in [2.05, 4.69) is 34.5 Å². The minimum atomic E-state index is -0.473. The van der Waals surface area contributed by atoms with Crippen LogP contribution < -0.4 is 10.1 Å². The Morgan fingerprint density at radius 2 is 2.00 bits per heavy atom. The highest BCUT2D eigenvalue weighted by Gasteiger charge is 2.35. The number of carbonyl (C=O) groups is 1. The normalized spacial score (nSPS) is 15.2. The van der Waals surface area contributed by atoms with Crippen LogP contribution in [0.2, 0.25) is 0 Å². The number of benzene rings is 2. The minimum absolute atomic E-state index is 0.405. The summed E-state index contributed by atoms with van der Waals surface area (Å²) in [6.07, 6.45) is 0. The number of hydrogen-bond acceptors (Lipinski definition) is 7. The molecule has 1 aliphatic heterocycles. The second-order valence-electron chi connectivity index (χ2n) is 7.44. The Morgan fingerprint density at radius 3 is 2.75 bits per heavy atom. The first kappa shape index (κ1) is 22.0. The summed E-state index contributed by atoms with van der Waals surface area (Å²) in [5.74, 6) is 1.77. The molecule has 7 nitrogen and oxygen atoms in total. The molecule has 8 heteroatoms. The molecule has 0 saturated heterocycles. The SMILES string of the molecule is CCSc1nc2n(n1)C(c1cccc(OCc3ccccc3C)c1)C(C(=O)OC)=C(C)N2. The van der Waals surface area contributed by atoms with Gasteiger partial charge in [0.05, 0.1) is 12.7 Å². The molecule has 0 spiro atoms. The zero-order chi connectivity index (χ0) is 22.7. The highest BCUT2D eigenvalue weighted by atomic mass is 32.2. The van der Waals surface area contributed by atoms with Crippen molar-refractivity contribution in [1.29, 1.82) is 0 Å². The average molecular weight is 451 g/mol. The molecule has 2 aromatic carbocycles. The summed E-state index contributed by atoms with van der Waals surface area (Å²) < 4.78 is 12.9. The molecule has 1 aliphatic rings. The van der Waals surface area contributed by atoms with Gasteiger partial charge in [-0.15, -0.1) is 5.10 Å². The van der Waals surface area contributed by atoms with Crippen molar-refractivity contribution in [1.82, 2.24) is 14.8 Å². The molecule has 166 valence electrons. The summed E-state index contributed by atoms with van der Waals surface area (Å²) >= 11 is 1.55. The number of aryl methyl sites for hydroxylation is 1. The lowest BCUT2D eigenvalue weighted by Crippen LogP contribution is -2.29. The van der Waals surface area contributed by atoms with Crippen molar-refractivity contribution in [3.63, 3.8) is 0 Å². The number of esters is 1. The van der Waals surface area contributed by atoms with Crippen molar-refractivity contribution < 1.29 is 14.3 Å². The van der Waals surface area contributed by atoms with Crippen LogP contribution in [0.15, 0.2) is 65.0 Å². The van der Waals surface area contributed by atoms with Gasteiger partial charge in [0, 0.05) is 5.70 Å². The van der Waals surface area contributed by atoms with E-state index in [1.165, 1.54) is 12.7 Å². The smallest absolute Gasteiger partial charge is 0.338 e. The Labute approximate surface area is 191 Å². The molecule has 3 aromatic rings. The Hall–Kier alpha value is -3.26. The van der Waals surface area contributed by atoms with Gasteiger partial charge in [-0.1, -0.05) is 55.1 Å². The monoisotopic (exact) mass is 450 g/mol. The molecule has 1 atom stereocenters. The lowest BCUT2D eigenvalue weighted by Gasteiger charge is -2.28. The highest BCUT2D eigenvalue weighted by Crippen LogP contribution is 2.37. The molecule has 0 saturated carbocycles. The van der Waals surface area contributed by atoms with Crippen molar-refractivity contribution >= 4 is 23.7 Å². The highest BCUT2D eigenvalue weighted by molar-refractivity contribution is 7.99. The predicted molar refractivity (Wildman–Crippen MR) is 125 cm³/mol. The maximum atomic E-state index is 12.7. The van der Waals surface area contributed by atoms with Crippen LogP contribution >= 0.6 is 11.8 Å². The molecule has 4 rings (SSSR count). The average Bonchev–Trinajstić information content (AvgIpc) is 3.19. The molecule has 32 heavy (non-hydrogen) atoms. The van der Waals surface area contributed by atoms with E-state index in [-0.39, 0.29) is 0 Å². The van der Waals surface area contributed by atoms with Crippen molar-refractivity contribution in [3.8, 4) is 5.75 Å². The number of aromatic nitrogens is 3. The van der Waals surface area contributed by atoms with E-state index in [0.717, 1.165) is 22.6 Å². The first-order valence-electron chi connectivity index (χ1n) is 10.4. The fraction of sp³-hybridized carbons (Fsp3) is 0.292. The number of ether oxygens (including phenoxy) is 2. The summed E-state index contributed by atoms with van der Waals surface area (Å²) in [6, 6.07) is 15.4. The van der Waals surface area contributed by atoms with E-state index in [1.54, 1.807) is 16.4 Å². The summed E-state index contributed by atoms with van der Waals surface area (Å²) in [7, 11) is 1.39. The maximum Gasteiger partial charge on any atom is 0.338 e. The first-order valence-corrected chi connectivity index (χ1v) is 11.4. The molecule has 0 aliphatic carbocycles. The number of carbonyl (C=O) groups excluding carboxylic acids is 1. The van der Waals surface area contributed by atoms with E-state index < -0.39 is 12.0 Å². The molecule has 1 aromatic heterocycles. The van der Waals surface area contributed by atoms with Gasteiger partial charge in [0.2, 0.25) is 11.1 Å². The summed E-state index contributed by atoms with van der Waals surface area (Å²) in [5, 5.41) is 8.51. The largest absolute Gasteiger partial charge is 0.489 e. The predicted octanol–water partition coefficient (Wildman–Crippen LogP) is 4.74. The van der Waals surface area contributed by atoms with Crippen LogP contribution in [0.25, 0.3) is 0 Å². The molecular weight excluding hydrogens is 424 g/mol. The van der Waals surface area contributed by atoms with Gasteiger partial charge in [0.1, 0.15) is 18.4 Å². The number of anilines is 1. The third-order valence-electron chi connectivity index (χ3n) is 5.34. The summed E-state index contributed by atoms with van der Waals surface area (Å²) in [5.41, 5.74) is 4.37. The molecule has 0 bridgehead atoms. The minimum Gasteiger partial charge on any atom is -0.489 e. The van der Waals surface area contributed by atoms with Crippen LogP contribution in [-0.2, 0) is 16.1 Å². The molecule has 1 N–H and O–H groups in total. The first-order chi connectivity index (χ1) is 15.5. The molecule has 0 fully saturated rings. The van der Waals surface area contributed by atoms with E-state index in [0.29, 0.717) is 29.0 Å². The number of allylic oxidation sites excluding steroid dienone is 1. The van der Waals surface area contributed by atoms with Gasteiger partial charge in [-0.3, -0.25) is 0 Å². The van der Waals surface area contributed by atoms with Gasteiger partial charge in [-0.25, -0.2) is 9.48 Å². The zero-order valence-electron chi connectivity index (χ0n) is 18.6. The number of hydrogen-bond donors (Lipinski definition) is 1. The van der Waals surface area contributed by atoms with Crippen molar-refractivity contribution in [2.45, 2.75) is 38.6 Å². The number of nitrogens with one attached hydrogen (secondary N) is 1. The topological polar surface area (TPSA) is 78.3 Å². The molecule has 1 unspecified atom stereocenters. The number of nitrogens with zero attached hydrogens (tertiary/aromatic N) is 3. The van der Waals surface area contributed by atoms with Gasteiger partial charge in [-0.2, -0.15) is 4.98 Å². The maximum absolute atomic E-state index is 12.7. The van der Waals surface area contributed by atoms with Crippen molar-refractivity contribution in [2.75, 3.05) is 18.2 Å². The third-order valence-corrected chi connectivity index (χ3v) is 6.06. The Kier molecular flexibility index (Phi) is 6.50. The Morgan fingerprint density at radius 1 is 1.19 bits per heavy atom. The van der Waals surface area contributed by atoms with Crippen molar-refractivity contribution in [3.05, 3.63) is 76.5 Å². The lowest BCUT2D eigenvalue weighted by molar-refractivity contribution is -0.136. The van der Waals surface area contributed by atoms with Gasteiger partial charge >= 0.3 is 5.97 Å². The van der Waals surface area contributed by atoms with Crippen LogP contribution in [0, 0.1) is 6.92 Å². The van der Waals surface area contributed by atoms with E-state index in [4.69, 9.17) is 9.47 Å². The van der Waals surface area contributed by atoms with E-state index in [9.17, 15) is 4.79 Å². The summed E-state index contributed by atoms with van der Waals surface area (Å²) in [4.78, 5) is 17.3. The van der Waals surface area contributed by atoms with Gasteiger partial charge in [-0.05, 0) is 48.4 Å². The molecule has 2 heterocycles. The van der Waals surface area contributed by atoms with E-state index >= 15 is 0 Å². The van der Waals surface area contributed by atoms with Crippen LogP contribution in [0.1, 0.15) is 36.6 Å². The Balaban J connectivity index is 1.70. The molecular formula is C24H26N4O3S. The molecule has 0 amide bonds. The van der Waals surface area contributed by atoms with E-state index in [1.807, 2.05) is 50.2 Å².